The van der Waals surface area contributed by atoms with Gasteiger partial charge < -0.3 is 5.32 Å². The molecule has 0 aliphatic heterocycles. The quantitative estimate of drug-likeness (QED) is 0.362. The number of thioether (sulfide) groups is 1. The molecule has 0 aliphatic carbocycles. The minimum atomic E-state index is -0.370. The molecule has 1 amide bonds. The van der Waals surface area contributed by atoms with E-state index in [-0.39, 0.29) is 11.7 Å². The predicted octanol–water partition coefficient (Wildman–Crippen LogP) is 6.63. The van der Waals surface area contributed by atoms with Crippen LogP contribution in [0.5, 0.6) is 0 Å². The maximum atomic E-state index is 13.0. The van der Waals surface area contributed by atoms with Crippen LogP contribution >= 0.6 is 34.7 Å². The van der Waals surface area contributed by atoms with Crippen LogP contribution in [0.3, 0.4) is 0 Å². The van der Waals surface area contributed by atoms with Gasteiger partial charge in [-0.2, -0.15) is 0 Å². The summed E-state index contributed by atoms with van der Waals surface area (Å²) in [4.78, 5) is 16.9. The number of amides is 1. The number of benzene rings is 3. The summed E-state index contributed by atoms with van der Waals surface area (Å²) in [5, 5.41) is 3.57. The van der Waals surface area contributed by atoms with E-state index >= 15 is 0 Å². The van der Waals surface area contributed by atoms with E-state index < -0.39 is 0 Å². The Balaban J connectivity index is 1.46. The van der Waals surface area contributed by atoms with Gasteiger partial charge in [0.15, 0.2) is 4.34 Å². The van der Waals surface area contributed by atoms with Crippen LogP contribution in [-0.2, 0) is 5.75 Å². The molecule has 0 saturated heterocycles. The standard InChI is InChI=1S/C21H14ClFN2OS2/c22-15-3-1-2-13(10-15)12-27-21-25-18-9-8-17(11-19(18)28-21)24-20(26)14-4-6-16(23)7-5-14/h1-11H,12H2,(H,24,26). The van der Waals surface area contributed by atoms with Crippen LogP contribution in [0.15, 0.2) is 71.1 Å². The Kier molecular flexibility index (Phi) is 5.62. The minimum absolute atomic E-state index is 0.278. The number of halogens is 2. The van der Waals surface area contributed by atoms with Crippen molar-refractivity contribution in [1.82, 2.24) is 4.98 Å². The Labute approximate surface area is 174 Å². The maximum Gasteiger partial charge on any atom is 0.255 e. The zero-order chi connectivity index (χ0) is 19.5. The topological polar surface area (TPSA) is 42.0 Å². The van der Waals surface area contributed by atoms with Crippen LogP contribution in [0.4, 0.5) is 10.1 Å². The second-order valence-electron chi connectivity index (χ2n) is 6.04. The number of nitrogens with zero attached hydrogens (tertiary/aromatic N) is 1. The lowest BCUT2D eigenvalue weighted by atomic mass is 10.2. The summed E-state index contributed by atoms with van der Waals surface area (Å²) in [6, 6.07) is 18.8. The third-order valence-electron chi connectivity index (χ3n) is 3.98. The van der Waals surface area contributed by atoms with Gasteiger partial charge in [-0.05, 0) is 60.2 Å². The number of anilines is 1. The zero-order valence-corrected chi connectivity index (χ0v) is 16.9. The largest absolute Gasteiger partial charge is 0.322 e. The number of carbonyl (C=O) groups is 1. The molecule has 4 rings (SSSR count). The Morgan fingerprint density at radius 1 is 1.11 bits per heavy atom. The molecule has 0 atom stereocenters. The van der Waals surface area contributed by atoms with E-state index in [0.717, 1.165) is 30.9 Å². The van der Waals surface area contributed by atoms with Crippen LogP contribution in [-0.4, -0.2) is 10.9 Å². The molecule has 0 radical (unpaired) electrons. The number of hydrogen-bond acceptors (Lipinski definition) is 4. The number of nitrogens with one attached hydrogen (secondary N) is 1. The van der Waals surface area contributed by atoms with Gasteiger partial charge in [-0.3, -0.25) is 4.79 Å². The van der Waals surface area contributed by atoms with Gasteiger partial charge >= 0.3 is 0 Å². The lowest BCUT2D eigenvalue weighted by Gasteiger charge is -2.05. The molecule has 0 fully saturated rings. The molecule has 140 valence electrons. The molecular formula is C21H14ClFN2OS2. The van der Waals surface area contributed by atoms with Gasteiger partial charge in [0.1, 0.15) is 5.82 Å². The summed E-state index contributed by atoms with van der Waals surface area (Å²) < 4.78 is 14.9. The molecule has 3 nitrogen and oxygen atoms in total. The molecule has 1 N–H and O–H groups in total. The van der Waals surface area contributed by atoms with E-state index in [4.69, 9.17) is 11.6 Å². The predicted molar refractivity (Wildman–Crippen MR) is 115 cm³/mol. The summed E-state index contributed by atoms with van der Waals surface area (Å²) in [6.45, 7) is 0. The van der Waals surface area contributed by atoms with E-state index in [1.165, 1.54) is 24.3 Å². The SMILES string of the molecule is O=C(Nc1ccc2nc(SCc3cccc(Cl)c3)sc2c1)c1ccc(F)cc1. The summed E-state index contributed by atoms with van der Waals surface area (Å²) in [5.41, 5.74) is 3.11. The number of fused-ring (bicyclic) bond motifs is 1. The number of thiazole rings is 1. The van der Waals surface area contributed by atoms with Crippen molar-refractivity contribution in [2.24, 2.45) is 0 Å². The second-order valence-corrected chi connectivity index (χ2v) is 8.73. The van der Waals surface area contributed by atoms with Gasteiger partial charge in [0, 0.05) is 22.0 Å². The fraction of sp³-hybridized carbons (Fsp3) is 0.0476. The van der Waals surface area contributed by atoms with E-state index in [2.05, 4.69) is 10.3 Å². The first-order valence-corrected chi connectivity index (χ1v) is 10.6. The van der Waals surface area contributed by atoms with E-state index in [1.54, 1.807) is 23.1 Å². The Bertz CT molecular complexity index is 1140. The molecule has 28 heavy (non-hydrogen) atoms. The van der Waals surface area contributed by atoms with E-state index in [9.17, 15) is 9.18 Å². The number of hydrogen-bond donors (Lipinski definition) is 1. The summed E-state index contributed by atoms with van der Waals surface area (Å²) in [5.74, 6) is 0.138. The highest BCUT2D eigenvalue weighted by Crippen LogP contribution is 2.33. The highest BCUT2D eigenvalue weighted by molar-refractivity contribution is 8.00. The highest BCUT2D eigenvalue weighted by atomic mass is 35.5. The first kappa shape index (κ1) is 18.9. The first-order chi connectivity index (χ1) is 13.6. The van der Waals surface area contributed by atoms with Crippen LogP contribution in [0, 0.1) is 5.82 Å². The Hall–Kier alpha value is -2.41. The Morgan fingerprint density at radius 3 is 2.71 bits per heavy atom. The van der Waals surface area contributed by atoms with Crippen molar-refractivity contribution < 1.29 is 9.18 Å². The lowest BCUT2D eigenvalue weighted by Crippen LogP contribution is -2.11. The van der Waals surface area contributed by atoms with Crippen molar-refractivity contribution in [2.45, 2.75) is 10.1 Å². The fourth-order valence-corrected chi connectivity index (χ4v) is 4.88. The van der Waals surface area contributed by atoms with Gasteiger partial charge in [-0.1, -0.05) is 35.5 Å². The Morgan fingerprint density at radius 2 is 1.93 bits per heavy atom. The third-order valence-corrected chi connectivity index (χ3v) is 6.45. The average molecular weight is 429 g/mol. The van der Waals surface area contributed by atoms with Gasteiger partial charge in [-0.15, -0.1) is 11.3 Å². The summed E-state index contributed by atoms with van der Waals surface area (Å²) in [7, 11) is 0. The van der Waals surface area contributed by atoms with Crippen molar-refractivity contribution in [2.75, 3.05) is 5.32 Å². The molecule has 0 unspecified atom stereocenters. The smallest absolute Gasteiger partial charge is 0.255 e. The fourth-order valence-electron chi connectivity index (χ4n) is 2.62. The minimum Gasteiger partial charge on any atom is -0.322 e. The van der Waals surface area contributed by atoms with Crippen molar-refractivity contribution in [3.8, 4) is 0 Å². The number of carbonyl (C=O) groups excluding carboxylic acids is 1. The van der Waals surface area contributed by atoms with Crippen molar-refractivity contribution >= 4 is 56.5 Å². The molecule has 1 heterocycles. The van der Waals surface area contributed by atoms with Gasteiger partial charge in [-0.25, -0.2) is 9.37 Å². The van der Waals surface area contributed by atoms with Crippen molar-refractivity contribution in [3.05, 3.63) is 88.7 Å². The summed E-state index contributed by atoms with van der Waals surface area (Å²) >= 11 is 9.26. The molecule has 4 aromatic rings. The van der Waals surface area contributed by atoms with Crippen LogP contribution < -0.4 is 5.32 Å². The number of rotatable bonds is 5. The van der Waals surface area contributed by atoms with Gasteiger partial charge in [0.05, 0.1) is 10.2 Å². The van der Waals surface area contributed by atoms with Gasteiger partial charge in [0.2, 0.25) is 0 Å². The molecule has 3 aromatic carbocycles. The highest BCUT2D eigenvalue weighted by Gasteiger charge is 2.09. The van der Waals surface area contributed by atoms with Crippen LogP contribution in [0.25, 0.3) is 10.2 Å². The molecule has 0 bridgehead atoms. The van der Waals surface area contributed by atoms with Gasteiger partial charge in [0.25, 0.3) is 5.91 Å². The second kappa shape index (κ2) is 8.31. The molecule has 0 spiro atoms. The normalized spacial score (nSPS) is 10.9. The number of aromatic nitrogens is 1. The average Bonchev–Trinajstić information content (AvgIpc) is 3.09. The molecular weight excluding hydrogens is 415 g/mol. The summed E-state index contributed by atoms with van der Waals surface area (Å²) in [6.07, 6.45) is 0. The molecule has 0 saturated carbocycles. The third kappa shape index (κ3) is 4.52. The zero-order valence-electron chi connectivity index (χ0n) is 14.5. The first-order valence-electron chi connectivity index (χ1n) is 8.41. The molecule has 0 aliphatic rings. The lowest BCUT2D eigenvalue weighted by molar-refractivity contribution is 0.102. The maximum absolute atomic E-state index is 13.0. The monoisotopic (exact) mass is 428 g/mol. The van der Waals surface area contributed by atoms with E-state index in [1.807, 2.05) is 42.5 Å². The molecule has 7 heteroatoms. The van der Waals surface area contributed by atoms with Crippen molar-refractivity contribution in [1.29, 1.82) is 0 Å². The van der Waals surface area contributed by atoms with E-state index in [0.29, 0.717) is 11.3 Å². The van der Waals surface area contributed by atoms with Crippen molar-refractivity contribution in [3.63, 3.8) is 0 Å². The molecule has 1 aromatic heterocycles. The van der Waals surface area contributed by atoms with Crippen LogP contribution in [0.1, 0.15) is 15.9 Å². The van der Waals surface area contributed by atoms with Crippen LogP contribution in [0.2, 0.25) is 5.02 Å².